The van der Waals surface area contributed by atoms with Gasteiger partial charge in [-0.3, -0.25) is 0 Å². The molecule has 0 heterocycles. The van der Waals surface area contributed by atoms with Crippen molar-refractivity contribution in [3.8, 4) is 0 Å². The molecule has 0 fully saturated rings. The fourth-order valence-corrected chi connectivity index (χ4v) is 2.48. The second kappa shape index (κ2) is 7.31. The maximum absolute atomic E-state index is 5.90. The zero-order valence-corrected chi connectivity index (χ0v) is 12.2. The Morgan fingerprint density at radius 3 is 2.56 bits per heavy atom. The highest BCUT2D eigenvalue weighted by Gasteiger charge is 2.04. The lowest BCUT2D eigenvalue weighted by Gasteiger charge is -2.13. The van der Waals surface area contributed by atoms with Gasteiger partial charge in [-0.2, -0.15) is 0 Å². The summed E-state index contributed by atoms with van der Waals surface area (Å²) in [5.74, 6) is 0.783. The summed E-state index contributed by atoms with van der Waals surface area (Å²) in [6.45, 7) is 6.47. The Morgan fingerprint density at radius 1 is 1.31 bits per heavy atom. The van der Waals surface area contributed by atoms with Gasteiger partial charge in [-0.05, 0) is 30.2 Å². The van der Waals surface area contributed by atoms with Crippen LogP contribution in [0.4, 0.5) is 0 Å². The Morgan fingerprint density at radius 2 is 2.00 bits per heavy atom. The van der Waals surface area contributed by atoms with Crippen LogP contribution in [0.15, 0.2) is 22.7 Å². The lowest BCUT2D eigenvalue weighted by Crippen LogP contribution is -2.21. The van der Waals surface area contributed by atoms with Gasteiger partial charge in [0.1, 0.15) is 0 Å². The van der Waals surface area contributed by atoms with Gasteiger partial charge in [0.25, 0.3) is 0 Å². The molecular weight excluding hydrogens is 286 g/mol. The summed E-state index contributed by atoms with van der Waals surface area (Å²) in [6.07, 6.45) is 2.48. The minimum Gasteiger partial charge on any atom is -0.312 e. The molecule has 0 aromatic heterocycles. The molecule has 1 aromatic rings. The van der Waals surface area contributed by atoms with Crippen LogP contribution in [-0.4, -0.2) is 6.54 Å². The first-order valence-electron chi connectivity index (χ1n) is 5.82. The van der Waals surface area contributed by atoms with Gasteiger partial charge >= 0.3 is 0 Å². The molecule has 0 unspecified atom stereocenters. The highest BCUT2D eigenvalue weighted by atomic mass is 79.9. The predicted molar refractivity (Wildman–Crippen MR) is 74.9 cm³/mol. The molecule has 0 spiro atoms. The summed E-state index contributed by atoms with van der Waals surface area (Å²) in [7, 11) is 0. The van der Waals surface area contributed by atoms with Gasteiger partial charge in [-0.15, -0.1) is 0 Å². The molecule has 0 saturated carbocycles. The van der Waals surface area contributed by atoms with Gasteiger partial charge < -0.3 is 5.32 Å². The topological polar surface area (TPSA) is 12.0 Å². The normalized spacial score (nSPS) is 11.1. The van der Waals surface area contributed by atoms with Crippen LogP contribution in [0.2, 0.25) is 5.02 Å². The lowest BCUT2D eigenvalue weighted by molar-refractivity contribution is 0.449. The molecule has 1 aromatic carbocycles. The van der Waals surface area contributed by atoms with E-state index in [2.05, 4.69) is 41.2 Å². The van der Waals surface area contributed by atoms with Gasteiger partial charge in [-0.25, -0.2) is 0 Å². The van der Waals surface area contributed by atoms with E-state index >= 15 is 0 Å². The fourth-order valence-electron chi connectivity index (χ4n) is 1.65. The number of halogens is 2. The Kier molecular flexibility index (Phi) is 6.40. The Hall–Kier alpha value is -0.0500. The first-order valence-corrected chi connectivity index (χ1v) is 6.99. The average molecular weight is 305 g/mol. The summed E-state index contributed by atoms with van der Waals surface area (Å²) in [4.78, 5) is 0. The zero-order chi connectivity index (χ0) is 12.0. The van der Waals surface area contributed by atoms with Crippen molar-refractivity contribution in [2.75, 3.05) is 6.54 Å². The Balaban J connectivity index is 2.42. The highest BCUT2D eigenvalue weighted by molar-refractivity contribution is 9.10. The number of nitrogens with one attached hydrogen (secondary N) is 1. The van der Waals surface area contributed by atoms with Crippen molar-refractivity contribution < 1.29 is 0 Å². The monoisotopic (exact) mass is 303 g/mol. The quantitative estimate of drug-likeness (QED) is 0.808. The average Bonchev–Trinajstić information content (AvgIpc) is 2.27. The van der Waals surface area contributed by atoms with Crippen molar-refractivity contribution in [2.45, 2.75) is 33.2 Å². The molecule has 0 bridgehead atoms. The van der Waals surface area contributed by atoms with Gasteiger partial charge in [0.2, 0.25) is 0 Å². The van der Waals surface area contributed by atoms with E-state index in [0.29, 0.717) is 0 Å². The molecule has 1 rings (SSSR count). The fraction of sp³-hybridized carbons (Fsp3) is 0.538. The van der Waals surface area contributed by atoms with E-state index in [0.717, 1.165) is 28.5 Å². The number of hydrogen-bond donors (Lipinski definition) is 1. The minimum absolute atomic E-state index is 0.774. The molecule has 0 amide bonds. The van der Waals surface area contributed by atoms with E-state index in [1.807, 2.05) is 12.1 Å². The van der Waals surface area contributed by atoms with Crippen molar-refractivity contribution in [1.29, 1.82) is 0 Å². The molecule has 0 atom stereocenters. The largest absolute Gasteiger partial charge is 0.312 e. The van der Waals surface area contributed by atoms with E-state index in [1.165, 1.54) is 18.4 Å². The van der Waals surface area contributed by atoms with Gasteiger partial charge in [0, 0.05) is 16.0 Å². The van der Waals surface area contributed by atoms with Crippen molar-refractivity contribution in [3.63, 3.8) is 0 Å². The van der Waals surface area contributed by atoms with Crippen LogP contribution >= 0.6 is 27.5 Å². The molecule has 0 radical (unpaired) electrons. The third-order valence-corrected chi connectivity index (χ3v) is 3.89. The predicted octanol–water partition coefficient (Wildman–Crippen LogP) is 4.63. The van der Waals surface area contributed by atoms with Crippen LogP contribution in [0.1, 0.15) is 32.3 Å². The second-order valence-electron chi connectivity index (χ2n) is 4.05. The van der Waals surface area contributed by atoms with Gasteiger partial charge in [0.15, 0.2) is 0 Å². The molecule has 1 nitrogen and oxygen atoms in total. The lowest BCUT2D eigenvalue weighted by atomic mass is 10.0. The van der Waals surface area contributed by atoms with E-state index in [-0.39, 0.29) is 0 Å². The van der Waals surface area contributed by atoms with E-state index in [4.69, 9.17) is 11.6 Å². The number of rotatable bonds is 6. The van der Waals surface area contributed by atoms with Crippen LogP contribution in [0.3, 0.4) is 0 Å². The molecular formula is C13H19BrClN. The maximum atomic E-state index is 5.90. The van der Waals surface area contributed by atoms with E-state index < -0.39 is 0 Å². The third kappa shape index (κ3) is 4.44. The molecule has 0 aliphatic rings. The van der Waals surface area contributed by atoms with Crippen molar-refractivity contribution in [1.82, 2.24) is 5.32 Å². The molecule has 0 saturated heterocycles. The molecule has 0 aliphatic heterocycles. The van der Waals surface area contributed by atoms with Crippen LogP contribution < -0.4 is 5.32 Å². The SMILES string of the molecule is CCC(CC)CNCc1ccc(Cl)cc1Br. The van der Waals surface area contributed by atoms with Crippen LogP contribution in [0, 0.1) is 5.92 Å². The van der Waals surface area contributed by atoms with Crippen LogP contribution in [-0.2, 0) is 6.54 Å². The summed E-state index contributed by atoms with van der Waals surface area (Å²) < 4.78 is 1.08. The summed E-state index contributed by atoms with van der Waals surface area (Å²) in [5, 5.41) is 4.26. The molecule has 0 aliphatic carbocycles. The van der Waals surface area contributed by atoms with Crippen molar-refractivity contribution in [2.24, 2.45) is 5.92 Å². The zero-order valence-electron chi connectivity index (χ0n) is 9.89. The number of hydrogen-bond acceptors (Lipinski definition) is 1. The maximum Gasteiger partial charge on any atom is 0.0417 e. The molecule has 3 heteroatoms. The van der Waals surface area contributed by atoms with Crippen molar-refractivity contribution in [3.05, 3.63) is 33.3 Å². The summed E-state index contributed by atoms with van der Waals surface area (Å²) >= 11 is 9.42. The number of benzene rings is 1. The minimum atomic E-state index is 0.774. The van der Waals surface area contributed by atoms with E-state index in [1.54, 1.807) is 0 Å². The molecule has 1 N–H and O–H groups in total. The summed E-state index contributed by atoms with van der Waals surface area (Å²) in [5.41, 5.74) is 1.26. The summed E-state index contributed by atoms with van der Waals surface area (Å²) in [6, 6.07) is 5.93. The van der Waals surface area contributed by atoms with E-state index in [9.17, 15) is 0 Å². The van der Waals surface area contributed by atoms with Crippen LogP contribution in [0.25, 0.3) is 0 Å². The van der Waals surface area contributed by atoms with Gasteiger partial charge in [-0.1, -0.05) is 60.3 Å². The van der Waals surface area contributed by atoms with Crippen molar-refractivity contribution >= 4 is 27.5 Å². The van der Waals surface area contributed by atoms with Gasteiger partial charge in [0.05, 0.1) is 0 Å². The second-order valence-corrected chi connectivity index (χ2v) is 5.34. The molecule has 90 valence electrons. The first-order chi connectivity index (χ1) is 7.67. The highest BCUT2D eigenvalue weighted by Crippen LogP contribution is 2.21. The third-order valence-electron chi connectivity index (χ3n) is 2.92. The molecule has 16 heavy (non-hydrogen) atoms. The first kappa shape index (κ1) is 14.0. The Labute approximate surface area is 112 Å². The smallest absolute Gasteiger partial charge is 0.0417 e. The van der Waals surface area contributed by atoms with Crippen LogP contribution in [0.5, 0.6) is 0 Å². The standard InChI is InChI=1S/C13H19BrClN/c1-3-10(4-2)8-16-9-11-5-6-12(15)7-13(11)14/h5-7,10,16H,3-4,8-9H2,1-2H3. The Bertz CT molecular complexity index is 324.